The Morgan fingerprint density at radius 1 is 0.750 bits per heavy atom. The molecule has 2 amide bonds. The molecule has 5 heteroatoms. The number of nitrogens with zero attached hydrogens (tertiary/aromatic N) is 1. The first kappa shape index (κ1) is 28.1. The fraction of sp³-hybridized carbons (Fsp3) is 0.741. The first-order valence-corrected chi connectivity index (χ1v) is 13.1. The van der Waals surface area contributed by atoms with E-state index in [9.17, 15) is 9.90 Å². The van der Waals surface area contributed by atoms with E-state index in [1.807, 2.05) is 0 Å². The summed E-state index contributed by atoms with van der Waals surface area (Å²) in [6, 6.07) is 6.19. The van der Waals surface area contributed by atoms with Crippen LogP contribution in [0.1, 0.15) is 110 Å². The zero-order valence-electron chi connectivity index (χ0n) is 20.5. The Balaban J connectivity index is 1.90. The lowest BCUT2D eigenvalue weighted by Crippen LogP contribution is -2.39. The summed E-state index contributed by atoms with van der Waals surface area (Å²) in [4.78, 5) is 13.3. The van der Waals surface area contributed by atoms with Crippen LogP contribution in [-0.2, 0) is 0 Å². The van der Waals surface area contributed by atoms with Crippen molar-refractivity contribution in [2.45, 2.75) is 110 Å². The molecule has 5 nitrogen and oxygen atoms in total. The van der Waals surface area contributed by atoms with Gasteiger partial charge < -0.3 is 20.5 Å². The van der Waals surface area contributed by atoms with Crippen LogP contribution in [0.15, 0.2) is 24.3 Å². The number of nitrogens with two attached hydrogens (primary N) is 1. The molecular weight excluding hydrogens is 400 g/mol. The fourth-order valence-electron chi connectivity index (χ4n) is 4.00. The minimum Gasteiger partial charge on any atom is -0.508 e. The molecule has 32 heavy (non-hydrogen) atoms. The minimum atomic E-state index is -0.389. The van der Waals surface area contributed by atoms with Gasteiger partial charge in [-0.15, -0.1) is 0 Å². The van der Waals surface area contributed by atoms with Crippen LogP contribution in [0, 0.1) is 0 Å². The van der Waals surface area contributed by atoms with E-state index in [0.29, 0.717) is 25.4 Å². The Morgan fingerprint density at radius 3 is 1.62 bits per heavy atom. The highest BCUT2D eigenvalue weighted by molar-refractivity contribution is 5.71. The molecule has 0 unspecified atom stereocenters. The normalized spacial score (nSPS) is 10.9. The van der Waals surface area contributed by atoms with Crippen molar-refractivity contribution in [3.05, 3.63) is 24.3 Å². The summed E-state index contributed by atoms with van der Waals surface area (Å²) < 4.78 is 5.61. The van der Waals surface area contributed by atoms with E-state index < -0.39 is 0 Å². The standard InChI is InChI=1S/C27H48N2O3/c1-2-3-4-5-6-7-8-9-10-11-12-13-14-15-16-17-22-29(27(28)31)23-24-32-26-20-18-25(30)19-21-26/h18-21,30H,2-17,22-24H2,1H3,(H2,28,31). The predicted octanol–water partition coefficient (Wildman–Crippen LogP) is 7.41. The minimum absolute atomic E-state index is 0.208. The van der Waals surface area contributed by atoms with Gasteiger partial charge >= 0.3 is 6.03 Å². The lowest BCUT2D eigenvalue weighted by atomic mass is 10.0. The summed E-state index contributed by atoms with van der Waals surface area (Å²) in [5.74, 6) is 0.884. The maximum atomic E-state index is 11.6. The molecule has 0 aliphatic carbocycles. The van der Waals surface area contributed by atoms with Crippen molar-refractivity contribution in [1.29, 1.82) is 0 Å². The number of benzene rings is 1. The van der Waals surface area contributed by atoms with Gasteiger partial charge in [-0.3, -0.25) is 0 Å². The molecule has 0 atom stereocenters. The molecule has 0 spiro atoms. The summed E-state index contributed by atoms with van der Waals surface area (Å²) in [6.07, 6.45) is 21.4. The Bertz CT molecular complexity index is 563. The van der Waals surface area contributed by atoms with Crippen molar-refractivity contribution in [1.82, 2.24) is 4.90 Å². The summed E-state index contributed by atoms with van der Waals surface area (Å²) in [7, 11) is 0. The van der Waals surface area contributed by atoms with Crippen LogP contribution in [0.4, 0.5) is 4.79 Å². The largest absolute Gasteiger partial charge is 0.508 e. The summed E-state index contributed by atoms with van der Waals surface area (Å²) in [6.45, 7) is 3.84. The van der Waals surface area contributed by atoms with Crippen molar-refractivity contribution in [2.75, 3.05) is 19.7 Å². The number of phenolic OH excluding ortho intramolecular Hbond substituents is 1. The maximum absolute atomic E-state index is 11.6. The first-order chi connectivity index (χ1) is 15.6. The van der Waals surface area contributed by atoms with Gasteiger partial charge in [0.05, 0.1) is 6.54 Å². The van der Waals surface area contributed by atoms with E-state index in [0.717, 1.165) is 12.8 Å². The number of unbranched alkanes of at least 4 members (excludes halogenated alkanes) is 15. The number of rotatable bonds is 21. The Morgan fingerprint density at radius 2 is 1.19 bits per heavy atom. The number of carbonyl (C=O) groups is 1. The molecule has 1 aromatic rings. The molecule has 3 N–H and O–H groups in total. The van der Waals surface area contributed by atoms with Gasteiger partial charge in [0.25, 0.3) is 0 Å². The van der Waals surface area contributed by atoms with Crippen LogP contribution in [0.3, 0.4) is 0 Å². The number of hydrogen-bond donors (Lipinski definition) is 2. The maximum Gasteiger partial charge on any atom is 0.314 e. The highest BCUT2D eigenvalue weighted by atomic mass is 16.5. The van der Waals surface area contributed by atoms with Crippen molar-refractivity contribution >= 4 is 6.03 Å². The first-order valence-electron chi connectivity index (χ1n) is 13.1. The van der Waals surface area contributed by atoms with E-state index >= 15 is 0 Å². The Kier molecular flexibility index (Phi) is 17.4. The second-order valence-electron chi connectivity index (χ2n) is 8.97. The summed E-state index contributed by atoms with van der Waals surface area (Å²) in [5.41, 5.74) is 5.50. The molecule has 0 saturated heterocycles. The fourth-order valence-corrected chi connectivity index (χ4v) is 4.00. The molecule has 1 aromatic carbocycles. The quantitative estimate of drug-likeness (QED) is 0.192. The van der Waals surface area contributed by atoms with Crippen molar-refractivity contribution < 1.29 is 14.6 Å². The highest BCUT2D eigenvalue weighted by Gasteiger charge is 2.09. The molecule has 0 aliphatic heterocycles. The number of phenols is 1. The van der Waals surface area contributed by atoms with Gasteiger partial charge in [0.15, 0.2) is 0 Å². The zero-order chi connectivity index (χ0) is 23.3. The molecule has 0 fully saturated rings. The van der Waals surface area contributed by atoms with Gasteiger partial charge in [-0.25, -0.2) is 4.79 Å². The highest BCUT2D eigenvalue weighted by Crippen LogP contribution is 2.16. The van der Waals surface area contributed by atoms with Crippen LogP contribution in [0.5, 0.6) is 11.5 Å². The third-order valence-electron chi connectivity index (χ3n) is 6.06. The number of carbonyl (C=O) groups excluding carboxylic acids is 1. The van der Waals surface area contributed by atoms with Crippen LogP contribution in [0.2, 0.25) is 0 Å². The number of ether oxygens (including phenoxy) is 1. The van der Waals surface area contributed by atoms with Gasteiger partial charge in [0.2, 0.25) is 0 Å². The van der Waals surface area contributed by atoms with Gasteiger partial charge in [0, 0.05) is 6.54 Å². The molecular formula is C27H48N2O3. The van der Waals surface area contributed by atoms with Gasteiger partial charge in [0.1, 0.15) is 18.1 Å². The van der Waals surface area contributed by atoms with E-state index in [2.05, 4.69) is 6.92 Å². The SMILES string of the molecule is CCCCCCCCCCCCCCCCCCN(CCOc1ccc(O)cc1)C(N)=O. The topological polar surface area (TPSA) is 75.8 Å². The van der Waals surface area contributed by atoms with Gasteiger partial charge in [-0.1, -0.05) is 103 Å². The molecule has 0 aromatic heterocycles. The average molecular weight is 449 g/mol. The van der Waals surface area contributed by atoms with E-state index in [1.165, 1.54) is 89.9 Å². The smallest absolute Gasteiger partial charge is 0.314 e. The summed E-state index contributed by atoms with van der Waals surface area (Å²) >= 11 is 0. The predicted molar refractivity (Wildman–Crippen MR) is 134 cm³/mol. The summed E-state index contributed by atoms with van der Waals surface area (Å²) in [5, 5.41) is 9.29. The van der Waals surface area contributed by atoms with Crippen LogP contribution < -0.4 is 10.5 Å². The molecule has 0 radical (unpaired) electrons. The number of aromatic hydroxyl groups is 1. The Labute approximate surface area is 196 Å². The molecule has 0 heterocycles. The van der Waals surface area contributed by atoms with Gasteiger partial charge in [-0.2, -0.15) is 0 Å². The molecule has 0 saturated carbocycles. The van der Waals surface area contributed by atoms with E-state index in [1.54, 1.807) is 29.2 Å². The molecule has 0 bridgehead atoms. The van der Waals surface area contributed by atoms with Crippen molar-refractivity contribution in [2.24, 2.45) is 5.73 Å². The van der Waals surface area contributed by atoms with E-state index in [-0.39, 0.29) is 11.8 Å². The number of primary amides is 1. The third-order valence-corrected chi connectivity index (χ3v) is 6.06. The average Bonchev–Trinajstić information content (AvgIpc) is 2.78. The third kappa shape index (κ3) is 15.8. The van der Waals surface area contributed by atoms with Gasteiger partial charge in [-0.05, 0) is 30.7 Å². The molecule has 0 aliphatic rings. The second kappa shape index (κ2) is 19.8. The number of urea groups is 1. The monoisotopic (exact) mass is 448 g/mol. The second-order valence-corrected chi connectivity index (χ2v) is 8.97. The lowest BCUT2D eigenvalue weighted by molar-refractivity contribution is 0.189. The van der Waals surface area contributed by atoms with E-state index in [4.69, 9.17) is 10.5 Å². The van der Waals surface area contributed by atoms with Crippen molar-refractivity contribution in [3.63, 3.8) is 0 Å². The molecule has 1 rings (SSSR count). The molecule has 184 valence electrons. The Hall–Kier alpha value is -1.91. The lowest BCUT2D eigenvalue weighted by Gasteiger charge is -2.20. The number of amides is 2. The van der Waals surface area contributed by atoms with Crippen LogP contribution >= 0.6 is 0 Å². The van der Waals surface area contributed by atoms with Crippen molar-refractivity contribution in [3.8, 4) is 11.5 Å². The van der Waals surface area contributed by atoms with Crippen LogP contribution in [-0.4, -0.2) is 35.7 Å². The zero-order valence-corrected chi connectivity index (χ0v) is 20.5. The van der Waals surface area contributed by atoms with Crippen LogP contribution in [0.25, 0.3) is 0 Å². The number of hydrogen-bond acceptors (Lipinski definition) is 3.